The maximum atomic E-state index is 9.53. The minimum atomic E-state index is -0.509. The van der Waals surface area contributed by atoms with Crippen LogP contribution in [0.25, 0.3) is 66.2 Å². The van der Waals surface area contributed by atoms with Crippen molar-refractivity contribution in [2.24, 2.45) is 0 Å². The lowest BCUT2D eigenvalue weighted by Crippen LogP contribution is -2.25. The predicted octanol–water partition coefficient (Wildman–Crippen LogP) is 19.2. The molecule has 0 saturated carbocycles. The number of pyridine rings is 1. The predicted molar refractivity (Wildman–Crippen MR) is 322 cm³/mol. The zero-order valence-electron chi connectivity index (χ0n) is 53.6. The summed E-state index contributed by atoms with van der Waals surface area (Å²) in [7, 11) is 0. The van der Waals surface area contributed by atoms with E-state index in [9.17, 15) is 5.48 Å². The van der Waals surface area contributed by atoms with Gasteiger partial charge in [0.15, 0.2) is 0 Å². The third-order valence-electron chi connectivity index (χ3n) is 15.1. The van der Waals surface area contributed by atoms with E-state index in [2.05, 4.69) is 170 Å². The van der Waals surface area contributed by atoms with Crippen molar-refractivity contribution in [1.82, 2.24) is 14.1 Å². The maximum Gasteiger partial charge on any atom is 0.137 e. The molecule has 76 heavy (non-hydrogen) atoms. The molecule has 1 aliphatic rings. The van der Waals surface area contributed by atoms with E-state index in [4.69, 9.17) is 15.2 Å². The normalized spacial score (nSPS) is 14.9. The smallest absolute Gasteiger partial charge is 0.137 e. The van der Waals surface area contributed by atoms with Crippen LogP contribution in [0.1, 0.15) is 116 Å². The first-order chi connectivity index (χ1) is 39.5. The van der Waals surface area contributed by atoms with Gasteiger partial charge in [0, 0.05) is 57.3 Å². The minimum absolute atomic E-state index is 0.0105. The van der Waals surface area contributed by atoms with Crippen molar-refractivity contribution in [3.63, 3.8) is 0 Å². The maximum absolute atomic E-state index is 9.53. The van der Waals surface area contributed by atoms with Gasteiger partial charge in [0.25, 0.3) is 0 Å². The summed E-state index contributed by atoms with van der Waals surface area (Å²) < 4.78 is 84.0. The van der Waals surface area contributed by atoms with Crippen LogP contribution in [0, 0.1) is 0 Å². The second-order valence-corrected chi connectivity index (χ2v) is 24.5. The standard InChI is InChI=1S/C70H69N5O/c1-67(2,3)47-22-19-21-45(35-47)46-31-32-61-62(36-46)73(52-38-49(69(7,8)9)37-50(39-52)70(10,11)12)44-72(61)51-23-20-24-53(41-51)76-54-42-63(74-58-28-16-13-25-55(58)56-26-14-17-29-59(56)74)66-57-27-15-18-30-60(57)75(64(66)43-54)65-40-48(33-34-71-65)68(4,5)6/h13-43H,44H2,1-12H3/i13D,14D,16D,17D,25D,26D,28D,29D. The Morgan fingerprint density at radius 1 is 0.421 bits per heavy atom. The lowest BCUT2D eigenvalue weighted by Gasteiger charge is -2.29. The largest absolute Gasteiger partial charge is 0.457 e. The summed E-state index contributed by atoms with van der Waals surface area (Å²) >= 11 is 0. The van der Waals surface area contributed by atoms with Gasteiger partial charge >= 0.3 is 0 Å². The topological polar surface area (TPSA) is 38.5 Å². The van der Waals surface area contributed by atoms with Crippen molar-refractivity contribution >= 4 is 66.4 Å². The number of nitrogens with zero attached hydrogens (tertiary/aromatic N) is 5. The molecule has 6 nitrogen and oxygen atoms in total. The van der Waals surface area contributed by atoms with E-state index in [0.717, 1.165) is 50.3 Å². The molecule has 8 aromatic carbocycles. The Kier molecular flexibility index (Phi) is 9.41. The minimum Gasteiger partial charge on any atom is -0.457 e. The van der Waals surface area contributed by atoms with E-state index >= 15 is 0 Å². The number of anilines is 4. The van der Waals surface area contributed by atoms with Crippen LogP contribution in [-0.4, -0.2) is 20.8 Å². The molecule has 0 saturated heterocycles. The molecule has 11 aromatic rings. The Morgan fingerprint density at radius 3 is 1.72 bits per heavy atom. The first-order valence-corrected chi connectivity index (χ1v) is 26.3. The van der Waals surface area contributed by atoms with Gasteiger partial charge in [-0.25, -0.2) is 4.98 Å². The lowest BCUT2D eigenvalue weighted by molar-refractivity contribution is 0.483. The molecule has 380 valence electrons. The van der Waals surface area contributed by atoms with Crippen molar-refractivity contribution in [3.05, 3.63) is 210 Å². The highest BCUT2D eigenvalue weighted by atomic mass is 16.5. The Hall–Kier alpha value is -8.09. The van der Waals surface area contributed by atoms with Gasteiger partial charge in [-0.1, -0.05) is 180 Å². The summed E-state index contributed by atoms with van der Waals surface area (Å²) in [6, 6.07) is 42.7. The summed E-state index contributed by atoms with van der Waals surface area (Å²) in [5.74, 6) is 1.51. The van der Waals surface area contributed by atoms with E-state index in [-0.39, 0.29) is 55.6 Å². The van der Waals surface area contributed by atoms with Gasteiger partial charge in [0.1, 0.15) is 24.0 Å². The number of para-hydroxylation sites is 3. The summed E-state index contributed by atoms with van der Waals surface area (Å²) in [6.07, 6.45) is 1.80. The van der Waals surface area contributed by atoms with E-state index in [1.54, 1.807) is 10.8 Å². The molecule has 0 N–H and O–H groups in total. The Balaban J connectivity index is 1.08. The van der Waals surface area contributed by atoms with Gasteiger partial charge < -0.3 is 19.1 Å². The Labute approximate surface area is 460 Å². The highest BCUT2D eigenvalue weighted by Crippen LogP contribution is 2.49. The second kappa shape index (κ2) is 17.8. The summed E-state index contributed by atoms with van der Waals surface area (Å²) in [5.41, 5.74) is 12.5. The molecule has 0 aliphatic carbocycles. The third kappa shape index (κ3) is 8.58. The number of aromatic nitrogens is 3. The third-order valence-corrected chi connectivity index (χ3v) is 15.1. The van der Waals surface area contributed by atoms with Crippen LogP contribution in [0.5, 0.6) is 11.5 Å². The number of rotatable bonds is 7. The number of ether oxygens (including phenoxy) is 1. The molecule has 0 spiro atoms. The molecular weight excluding hydrogens is 927 g/mol. The number of hydrogen-bond donors (Lipinski definition) is 0. The van der Waals surface area contributed by atoms with Crippen LogP contribution in [0.3, 0.4) is 0 Å². The average molecular weight is 1000 g/mol. The molecule has 0 amide bonds. The molecular formula is C70H69N5O. The fourth-order valence-corrected chi connectivity index (χ4v) is 10.7. The van der Waals surface area contributed by atoms with Gasteiger partial charge in [0.2, 0.25) is 0 Å². The van der Waals surface area contributed by atoms with Crippen molar-refractivity contribution < 1.29 is 15.7 Å². The van der Waals surface area contributed by atoms with Gasteiger partial charge in [0.05, 0.1) is 50.1 Å². The Morgan fingerprint density at radius 2 is 1.04 bits per heavy atom. The van der Waals surface area contributed by atoms with Gasteiger partial charge in [-0.05, 0) is 122 Å². The number of benzene rings is 8. The van der Waals surface area contributed by atoms with Crippen LogP contribution in [0.4, 0.5) is 22.7 Å². The average Bonchev–Trinajstić information content (AvgIpc) is 1.60. The zero-order valence-corrected chi connectivity index (χ0v) is 45.6. The quantitative estimate of drug-likeness (QED) is 0.159. The fourth-order valence-electron chi connectivity index (χ4n) is 10.7. The molecule has 1 aliphatic heterocycles. The summed E-state index contributed by atoms with van der Waals surface area (Å²) in [4.78, 5) is 9.71. The molecule has 0 radical (unpaired) electrons. The van der Waals surface area contributed by atoms with Crippen LogP contribution in [-0.2, 0) is 21.7 Å². The van der Waals surface area contributed by atoms with Crippen LogP contribution in [0.15, 0.2) is 188 Å². The van der Waals surface area contributed by atoms with E-state index in [1.807, 2.05) is 60.7 Å². The SMILES string of the molecule is [2H]c1c([2H])c([2H])c2c(c1[2H])c1c([2H])c([2H])c([2H])c([2H])c1n2-c1cc(Oc2cccc(N3CN(c4cc(C(C)(C)C)cc(C(C)(C)C)c4)c4cc(-c5cccc(C(C)(C)C)c5)ccc43)c2)cc2c1c1ccccc1n2-c1cc(C(C)(C)C)ccn1. The monoisotopic (exact) mass is 1000 g/mol. The van der Waals surface area contributed by atoms with Crippen LogP contribution < -0.4 is 14.5 Å². The lowest BCUT2D eigenvalue weighted by atomic mass is 9.80. The first-order valence-electron chi connectivity index (χ1n) is 30.3. The summed E-state index contributed by atoms with van der Waals surface area (Å²) in [6.45, 7) is 27.3. The highest BCUT2D eigenvalue weighted by Gasteiger charge is 2.32. The molecule has 3 aromatic heterocycles. The van der Waals surface area contributed by atoms with Gasteiger partial charge in [-0.2, -0.15) is 0 Å². The molecule has 12 rings (SSSR count). The van der Waals surface area contributed by atoms with Crippen LogP contribution >= 0.6 is 0 Å². The zero-order chi connectivity index (χ0) is 60.0. The number of hydrogen-bond acceptors (Lipinski definition) is 4. The first kappa shape index (κ1) is 40.3. The molecule has 0 fully saturated rings. The molecule has 0 bridgehead atoms. The van der Waals surface area contributed by atoms with Crippen molar-refractivity contribution in [2.45, 2.75) is 105 Å². The van der Waals surface area contributed by atoms with Crippen molar-refractivity contribution in [1.29, 1.82) is 0 Å². The molecule has 6 heteroatoms. The van der Waals surface area contributed by atoms with E-state index < -0.39 is 36.3 Å². The van der Waals surface area contributed by atoms with E-state index in [1.165, 1.54) is 16.7 Å². The Bertz CT molecular complexity index is 4440. The summed E-state index contributed by atoms with van der Waals surface area (Å²) in [5, 5.41) is 1.41. The second-order valence-electron chi connectivity index (χ2n) is 24.5. The highest BCUT2D eigenvalue weighted by molar-refractivity contribution is 6.16. The molecule has 4 heterocycles. The number of fused-ring (bicyclic) bond motifs is 7. The van der Waals surface area contributed by atoms with Crippen molar-refractivity contribution in [2.75, 3.05) is 16.5 Å². The van der Waals surface area contributed by atoms with Crippen LogP contribution in [0.2, 0.25) is 0 Å². The van der Waals surface area contributed by atoms with Crippen molar-refractivity contribution in [3.8, 4) is 34.1 Å². The van der Waals surface area contributed by atoms with Gasteiger partial charge in [-0.3, -0.25) is 4.57 Å². The van der Waals surface area contributed by atoms with Gasteiger partial charge in [-0.15, -0.1) is 0 Å². The fraction of sp³-hybridized carbons (Fsp3) is 0.243. The van der Waals surface area contributed by atoms with E-state index in [0.29, 0.717) is 40.6 Å². The molecule has 0 unspecified atom stereocenters. The molecule has 0 atom stereocenters.